The highest BCUT2D eigenvalue weighted by Crippen LogP contribution is 2.25. The average molecular weight is 377 g/mol. The third-order valence-corrected chi connectivity index (χ3v) is 6.32. The monoisotopic (exact) mass is 376 g/mol. The van der Waals surface area contributed by atoms with Crippen LogP contribution >= 0.6 is 0 Å². The summed E-state index contributed by atoms with van der Waals surface area (Å²) >= 11 is 0. The summed E-state index contributed by atoms with van der Waals surface area (Å²) in [6.07, 6.45) is 1.63. The molecule has 0 amide bonds. The van der Waals surface area contributed by atoms with Crippen molar-refractivity contribution in [3.05, 3.63) is 29.8 Å². The summed E-state index contributed by atoms with van der Waals surface area (Å²) in [6.45, 7) is 8.11. The molecule has 0 aliphatic carbocycles. The molecule has 1 rings (SSSR count). The number of nitrogens with one attached hydrogen (secondary N) is 1. The zero-order valence-electron chi connectivity index (χ0n) is 15.0. The van der Waals surface area contributed by atoms with E-state index < -0.39 is 20.0 Å². The molecular formula is C16H28N2O4S2. The van der Waals surface area contributed by atoms with Crippen molar-refractivity contribution in [1.29, 1.82) is 0 Å². The van der Waals surface area contributed by atoms with Crippen LogP contribution in [0.1, 0.15) is 39.7 Å². The minimum absolute atomic E-state index is 0.0236. The Morgan fingerprint density at radius 3 is 2.00 bits per heavy atom. The maximum absolute atomic E-state index is 12.0. The van der Waals surface area contributed by atoms with Gasteiger partial charge in [-0.15, -0.1) is 0 Å². The van der Waals surface area contributed by atoms with E-state index in [0.29, 0.717) is 12.1 Å². The van der Waals surface area contributed by atoms with E-state index in [0.717, 1.165) is 11.8 Å². The van der Waals surface area contributed by atoms with Gasteiger partial charge in [-0.3, -0.25) is 4.31 Å². The van der Waals surface area contributed by atoms with Crippen molar-refractivity contribution in [1.82, 2.24) is 4.72 Å². The molecule has 6 nitrogen and oxygen atoms in total. The van der Waals surface area contributed by atoms with Crippen LogP contribution in [0.5, 0.6) is 0 Å². The minimum atomic E-state index is -3.50. The maximum atomic E-state index is 12.0. The molecule has 0 saturated heterocycles. The fraction of sp³-hybridized carbons (Fsp3) is 0.625. The van der Waals surface area contributed by atoms with Crippen molar-refractivity contribution >= 4 is 25.7 Å². The summed E-state index contributed by atoms with van der Waals surface area (Å²) in [5, 5.41) is 0. The van der Waals surface area contributed by atoms with Gasteiger partial charge in [0.05, 0.1) is 17.7 Å². The second-order valence-corrected chi connectivity index (χ2v) is 10.7. The predicted molar refractivity (Wildman–Crippen MR) is 99.4 cm³/mol. The van der Waals surface area contributed by atoms with Crippen molar-refractivity contribution in [2.24, 2.45) is 0 Å². The Balaban J connectivity index is 2.92. The van der Waals surface area contributed by atoms with Crippen LogP contribution in [0.3, 0.4) is 0 Å². The number of hydrogen-bond donors (Lipinski definition) is 1. The van der Waals surface area contributed by atoms with E-state index in [-0.39, 0.29) is 24.3 Å². The van der Waals surface area contributed by atoms with Gasteiger partial charge < -0.3 is 0 Å². The van der Waals surface area contributed by atoms with Crippen LogP contribution in [0, 0.1) is 0 Å². The molecular weight excluding hydrogens is 348 g/mol. The van der Waals surface area contributed by atoms with Gasteiger partial charge >= 0.3 is 0 Å². The van der Waals surface area contributed by atoms with Crippen molar-refractivity contribution in [3.8, 4) is 0 Å². The Morgan fingerprint density at radius 2 is 1.58 bits per heavy atom. The molecule has 24 heavy (non-hydrogen) atoms. The van der Waals surface area contributed by atoms with Crippen molar-refractivity contribution in [3.63, 3.8) is 0 Å². The third kappa shape index (κ3) is 6.41. The predicted octanol–water partition coefficient (Wildman–Crippen LogP) is 2.08. The van der Waals surface area contributed by atoms with Gasteiger partial charge in [0, 0.05) is 13.1 Å². The van der Waals surface area contributed by atoms with Gasteiger partial charge in [-0.2, -0.15) is 0 Å². The lowest BCUT2D eigenvalue weighted by Gasteiger charge is -2.24. The molecule has 1 N–H and O–H groups in total. The lowest BCUT2D eigenvalue weighted by atomic mass is 9.87. The van der Waals surface area contributed by atoms with E-state index in [1.807, 2.05) is 12.1 Å². The normalized spacial score (nSPS) is 13.0. The lowest BCUT2D eigenvalue weighted by molar-refractivity contribution is 0.577. The maximum Gasteiger partial charge on any atom is 0.232 e. The van der Waals surface area contributed by atoms with E-state index >= 15 is 0 Å². The first-order valence-corrected chi connectivity index (χ1v) is 11.4. The van der Waals surface area contributed by atoms with Crippen LogP contribution in [0.2, 0.25) is 0 Å². The van der Waals surface area contributed by atoms with Gasteiger partial charge in [-0.05, 0) is 29.5 Å². The Morgan fingerprint density at radius 1 is 1.04 bits per heavy atom. The standard InChI is InChI=1S/C16H28N2O4S2/c1-6-13-24(21,22)17-11-12-18(23(5,19)20)15-9-7-14(8-10-15)16(2,3)4/h7-10,17H,6,11-13H2,1-5H3. The minimum Gasteiger partial charge on any atom is -0.269 e. The molecule has 0 aliphatic heterocycles. The summed E-state index contributed by atoms with van der Waals surface area (Å²) in [6, 6.07) is 7.30. The molecule has 138 valence electrons. The molecule has 0 aromatic heterocycles. The number of rotatable bonds is 8. The van der Waals surface area contributed by atoms with Crippen LogP contribution < -0.4 is 9.03 Å². The highest BCUT2D eigenvalue weighted by Gasteiger charge is 2.20. The highest BCUT2D eigenvalue weighted by molar-refractivity contribution is 7.92. The molecule has 0 saturated carbocycles. The van der Waals surface area contributed by atoms with Gasteiger partial charge in [-0.25, -0.2) is 21.6 Å². The van der Waals surface area contributed by atoms with Crippen molar-refractivity contribution in [2.75, 3.05) is 29.4 Å². The van der Waals surface area contributed by atoms with E-state index in [1.54, 1.807) is 19.1 Å². The SMILES string of the molecule is CCCS(=O)(=O)NCCN(c1ccc(C(C)(C)C)cc1)S(C)(=O)=O. The molecule has 1 aromatic rings. The first-order valence-electron chi connectivity index (χ1n) is 7.92. The van der Waals surface area contributed by atoms with Crippen LogP contribution in [0.4, 0.5) is 5.69 Å². The quantitative estimate of drug-likeness (QED) is 0.753. The number of nitrogens with zero attached hydrogens (tertiary/aromatic N) is 1. The fourth-order valence-electron chi connectivity index (χ4n) is 2.26. The molecule has 0 fully saturated rings. The van der Waals surface area contributed by atoms with Gasteiger partial charge in [0.1, 0.15) is 0 Å². The van der Waals surface area contributed by atoms with E-state index in [1.165, 1.54) is 4.31 Å². The molecule has 0 aliphatic rings. The largest absolute Gasteiger partial charge is 0.269 e. The topological polar surface area (TPSA) is 83.6 Å². The number of hydrogen-bond acceptors (Lipinski definition) is 4. The zero-order valence-corrected chi connectivity index (χ0v) is 16.7. The molecule has 1 aromatic carbocycles. The van der Waals surface area contributed by atoms with Gasteiger partial charge in [0.2, 0.25) is 20.0 Å². The molecule has 8 heteroatoms. The van der Waals surface area contributed by atoms with Crippen molar-refractivity contribution < 1.29 is 16.8 Å². The third-order valence-electron chi connectivity index (χ3n) is 3.53. The summed E-state index contributed by atoms with van der Waals surface area (Å²) in [5.74, 6) is 0.0339. The first kappa shape index (κ1) is 20.9. The van der Waals surface area contributed by atoms with Gasteiger partial charge in [0.15, 0.2) is 0 Å². The summed E-state index contributed by atoms with van der Waals surface area (Å²) in [7, 11) is -6.85. The first-order chi connectivity index (χ1) is 10.9. The lowest BCUT2D eigenvalue weighted by Crippen LogP contribution is -2.38. The van der Waals surface area contributed by atoms with E-state index in [4.69, 9.17) is 0 Å². The fourth-order valence-corrected chi connectivity index (χ4v) is 4.27. The van der Waals surface area contributed by atoms with Crippen molar-refractivity contribution in [2.45, 2.75) is 39.5 Å². The second kappa shape index (κ2) is 7.84. The van der Waals surface area contributed by atoms with E-state index in [9.17, 15) is 16.8 Å². The van der Waals surface area contributed by atoms with Crippen LogP contribution in [0.15, 0.2) is 24.3 Å². The molecule has 0 heterocycles. The van der Waals surface area contributed by atoms with Crippen LogP contribution in [0.25, 0.3) is 0 Å². The molecule has 0 radical (unpaired) electrons. The molecule has 0 spiro atoms. The summed E-state index contributed by atoms with van der Waals surface area (Å²) in [4.78, 5) is 0. The smallest absolute Gasteiger partial charge is 0.232 e. The number of anilines is 1. The molecule has 0 unspecified atom stereocenters. The van der Waals surface area contributed by atoms with Gasteiger partial charge in [-0.1, -0.05) is 39.8 Å². The Labute approximate surface area is 146 Å². The van der Waals surface area contributed by atoms with Gasteiger partial charge in [0.25, 0.3) is 0 Å². The number of benzene rings is 1. The molecule has 0 bridgehead atoms. The Kier molecular flexibility index (Phi) is 6.84. The zero-order chi connectivity index (χ0) is 18.6. The molecule has 0 atom stereocenters. The summed E-state index contributed by atoms with van der Waals surface area (Å²) in [5.41, 5.74) is 1.60. The Bertz CT molecular complexity index is 733. The average Bonchev–Trinajstić information content (AvgIpc) is 2.41. The van der Waals surface area contributed by atoms with Crippen LogP contribution in [-0.2, 0) is 25.5 Å². The van der Waals surface area contributed by atoms with Crippen LogP contribution in [-0.4, -0.2) is 41.9 Å². The Hall–Kier alpha value is -1.12. The summed E-state index contributed by atoms with van der Waals surface area (Å²) < 4.78 is 51.1. The number of sulfonamides is 2. The highest BCUT2D eigenvalue weighted by atomic mass is 32.2. The second-order valence-electron chi connectivity index (χ2n) is 6.85. The van der Waals surface area contributed by atoms with E-state index in [2.05, 4.69) is 25.5 Å².